The summed E-state index contributed by atoms with van der Waals surface area (Å²) < 4.78 is 5.12. The molecule has 0 unspecified atom stereocenters. The molecular formula is C14H12N4O. The molecule has 3 rings (SSSR count). The molecule has 0 aliphatic heterocycles. The molecule has 0 bridgehead atoms. The molecule has 19 heavy (non-hydrogen) atoms. The third kappa shape index (κ3) is 2.40. The van der Waals surface area contributed by atoms with Crippen molar-refractivity contribution in [1.82, 2.24) is 10.2 Å². The van der Waals surface area contributed by atoms with Crippen LogP contribution in [0.4, 0.5) is 17.7 Å². The molecule has 3 N–H and O–H groups in total. The number of rotatable bonds is 3. The molecule has 5 heteroatoms. The summed E-state index contributed by atoms with van der Waals surface area (Å²) in [5, 5.41) is 10.5. The highest BCUT2D eigenvalue weighted by Gasteiger charge is 2.07. The summed E-state index contributed by atoms with van der Waals surface area (Å²) in [5.41, 5.74) is 8.45. The van der Waals surface area contributed by atoms with E-state index < -0.39 is 0 Å². The van der Waals surface area contributed by atoms with Gasteiger partial charge in [0.25, 0.3) is 0 Å². The fourth-order valence-electron chi connectivity index (χ4n) is 1.86. The van der Waals surface area contributed by atoms with Gasteiger partial charge < -0.3 is 15.5 Å². The number of nitrogens with one attached hydrogen (secondary N) is 1. The van der Waals surface area contributed by atoms with Crippen LogP contribution in [0.5, 0.6) is 0 Å². The minimum atomic E-state index is 0.0414. The summed E-state index contributed by atoms with van der Waals surface area (Å²) in [4.78, 5) is 0. The number of benzene rings is 2. The number of para-hydroxylation sites is 1. The standard InChI is InChI=1S/C14H12N4O/c15-13-17-18-14(19-13)16-12-9-5-4-8-11(12)10-6-2-1-3-7-10/h1-9H,(H2,15,17)(H,16,18). The van der Waals surface area contributed by atoms with E-state index >= 15 is 0 Å². The topological polar surface area (TPSA) is 77.0 Å². The first-order valence-electron chi connectivity index (χ1n) is 5.83. The van der Waals surface area contributed by atoms with E-state index in [0.29, 0.717) is 0 Å². The maximum absolute atomic E-state index is 5.40. The number of anilines is 3. The number of nitrogen functional groups attached to an aromatic ring is 1. The van der Waals surface area contributed by atoms with Gasteiger partial charge >= 0.3 is 12.0 Å². The summed E-state index contributed by atoms with van der Waals surface area (Å²) in [6.45, 7) is 0. The minimum absolute atomic E-state index is 0.0414. The van der Waals surface area contributed by atoms with Crippen LogP contribution in [0.3, 0.4) is 0 Å². The highest BCUT2D eigenvalue weighted by molar-refractivity contribution is 5.79. The third-order valence-corrected chi connectivity index (χ3v) is 2.69. The Bertz CT molecular complexity index is 679. The van der Waals surface area contributed by atoms with Crippen molar-refractivity contribution >= 4 is 17.7 Å². The van der Waals surface area contributed by atoms with Crippen LogP contribution in [0, 0.1) is 0 Å². The monoisotopic (exact) mass is 252 g/mol. The number of hydrogen-bond donors (Lipinski definition) is 2. The zero-order chi connectivity index (χ0) is 13.1. The lowest BCUT2D eigenvalue weighted by Gasteiger charge is -2.09. The van der Waals surface area contributed by atoms with Gasteiger partial charge in [-0.25, -0.2) is 0 Å². The van der Waals surface area contributed by atoms with Gasteiger partial charge in [-0.05, 0) is 11.6 Å². The molecule has 0 aliphatic rings. The summed E-state index contributed by atoms with van der Waals surface area (Å²) in [5.74, 6) is 0. The largest absolute Gasteiger partial charge is 0.389 e. The zero-order valence-electron chi connectivity index (χ0n) is 10.1. The Morgan fingerprint density at radius 2 is 1.63 bits per heavy atom. The molecule has 3 aromatic rings. The molecule has 0 radical (unpaired) electrons. The zero-order valence-corrected chi connectivity index (χ0v) is 10.1. The molecule has 0 fully saturated rings. The van der Waals surface area contributed by atoms with Gasteiger partial charge in [0.05, 0.1) is 5.69 Å². The van der Waals surface area contributed by atoms with Crippen LogP contribution in [0.2, 0.25) is 0 Å². The molecule has 5 nitrogen and oxygen atoms in total. The second kappa shape index (κ2) is 4.81. The van der Waals surface area contributed by atoms with Crippen molar-refractivity contribution in [2.75, 3.05) is 11.1 Å². The van der Waals surface area contributed by atoms with E-state index in [2.05, 4.69) is 15.5 Å². The molecule has 0 amide bonds. The van der Waals surface area contributed by atoms with Gasteiger partial charge in [-0.2, -0.15) is 0 Å². The van der Waals surface area contributed by atoms with E-state index in [0.717, 1.165) is 16.8 Å². The fraction of sp³-hybridized carbons (Fsp3) is 0. The van der Waals surface area contributed by atoms with Crippen LogP contribution in [0.15, 0.2) is 59.0 Å². The molecule has 1 aromatic heterocycles. The molecule has 0 aliphatic carbocycles. The Morgan fingerprint density at radius 3 is 2.37 bits per heavy atom. The molecule has 0 saturated carbocycles. The van der Waals surface area contributed by atoms with Gasteiger partial charge in [-0.1, -0.05) is 58.7 Å². The van der Waals surface area contributed by atoms with Gasteiger partial charge in [-0.3, -0.25) is 0 Å². The van der Waals surface area contributed by atoms with Crippen molar-refractivity contribution in [3.63, 3.8) is 0 Å². The average Bonchev–Trinajstić information content (AvgIpc) is 2.86. The number of hydrogen-bond acceptors (Lipinski definition) is 5. The van der Waals surface area contributed by atoms with Crippen molar-refractivity contribution in [3.8, 4) is 11.1 Å². The highest BCUT2D eigenvalue weighted by Crippen LogP contribution is 2.29. The van der Waals surface area contributed by atoms with E-state index in [4.69, 9.17) is 10.2 Å². The van der Waals surface area contributed by atoms with Crippen LogP contribution in [0.25, 0.3) is 11.1 Å². The van der Waals surface area contributed by atoms with Crippen LogP contribution in [0.1, 0.15) is 0 Å². The van der Waals surface area contributed by atoms with Gasteiger partial charge in [0.1, 0.15) is 0 Å². The first kappa shape index (κ1) is 11.3. The Morgan fingerprint density at radius 1 is 0.895 bits per heavy atom. The lowest BCUT2D eigenvalue weighted by Crippen LogP contribution is -1.93. The number of nitrogens with zero attached hydrogens (tertiary/aromatic N) is 2. The fourth-order valence-corrected chi connectivity index (χ4v) is 1.86. The molecule has 94 valence electrons. The first-order valence-corrected chi connectivity index (χ1v) is 5.83. The van der Waals surface area contributed by atoms with Crippen LogP contribution < -0.4 is 11.1 Å². The van der Waals surface area contributed by atoms with E-state index in [1.807, 2.05) is 54.6 Å². The minimum Gasteiger partial charge on any atom is -0.389 e. The van der Waals surface area contributed by atoms with Gasteiger partial charge in [0.2, 0.25) is 0 Å². The second-order valence-electron chi connectivity index (χ2n) is 3.98. The maximum Gasteiger partial charge on any atom is 0.321 e. The predicted octanol–water partition coefficient (Wildman–Crippen LogP) is 3.06. The Balaban J connectivity index is 1.98. The van der Waals surface area contributed by atoms with Crippen molar-refractivity contribution in [3.05, 3.63) is 54.6 Å². The van der Waals surface area contributed by atoms with Crippen molar-refractivity contribution in [1.29, 1.82) is 0 Å². The summed E-state index contributed by atoms with van der Waals surface area (Å²) >= 11 is 0. The smallest absolute Gasteiger partial charge is 0.321 e. The van der Waals surface area contributed by atoms with E-state index in [1.165, 1.54) is 0 Å². The van der Waals surface area contributed by atoms with Crippen molar-refractivity contribution in [2.24, 2.45) is 0 Å². The first-order chi connectivity index (χ1) is 9.33. The Kier molecular flexibility index (Phi) is 2.86. The third-order valence-electron chi connectivity index (χ3n) is 2.69. The molecule has 2 aromatic carbocycles. The number of aromatic nitrogens is 2. The molecular weight excluding hydrogens is 240 g/mol. The van der Waals surface area contributed by atoms with Crippen molar-refractivity contribution < 1.29 is 4.42 Å². The molecule has 0 spiro atoms. The van der Waals surface area contributed by atoms with Gasteiger partial charge in [-0.15, -0.1) is 0 Å². The van der Waals surface area contributed by atoms with Gasteiger partial charge in [0, 0.05) is 5.56 Å². The van der Waals surface area contributed by atoms with Crippen LogP contribution in [-0.2, 0) is 0 Å². The Hall–Kier alpha value is -2.82. The van der Waals surface area contributed by atoms with Gasteiger partial charge in [0.15, 0.2) is 0 Å². The summed E-state index contributed by atoms with van der Waals surface area (Å²) in [6.07, 6.45) is 0. The molecule has 1 heterocycles. The predicted molar refractivity (Wildman–Crippen MR) is 73.9 cm³/mol. The quantitative estimate of drug-likeness (QED) is 0.749. The average molecular weight is 252 g/mol. The van der Waals surface area contributed by atoms with Crippen LogP contribution in [-0.4, -0.2) is 10.2 Å². The normalized spacial score (nSPS) is 10.3. The molecule has 0 atom stereocenters. The lowest BCUT2D eigenvalue weighted by atomic mass is 10.0. The van der Waals surface area contributed by atoms with Crippen LogP contribution >= 0.6 is 0 Å². The summed E-state index contributed by atoms with van der Waals surface area (Å²) in [6, 6.07) is 18.3. The van der Waals surface area contributed by atoms with E-state index in [1.54, 1.807) is 0 Å². The number of nitrogens with two attached hydrogens (primary N) is 1. The Labute approximate surface area is 110 Å². The second-order valence-corrected chi connectivity index (χ2v) is 3.98. The maximum atomic E-state index is 5.40. The molecule has 0 saturated heterocycles. The summed E-state index contributed by atoms with van der Waals surface area (Å²) in [7, 11) is 0. The van der Waals surface area contributed by atoms with Crippen molar-refractivity contribution in [2.45, 2.75) is 0 Å². The lowest BCUT2D eigenvalue weighted by molar-refractivity contribution is 0.593. The highest BCUT2D eigenvalue weighted by atomic mass is 16.4. The van der Waals surface area contributed by atoms with E-state index in [-0.39, 0.29) is 12.0 Å². The SMILES string of the molecule is Nc1nnc(Nc2ccccc2-c2ccccc2)o1. The van der Waals surface area contributed by atoms with E-state index in [9.17, 15) is 0 Å².